The number of carbonyl (C=O) groups is 1. The van der Waals surface area contributed by atoms with Crippen molar-refractivity contribution in [2.75, 3.05) is 5.73 Å². The number of aromatic nitrogens is 4. The van der Waals surface area contributed by atoms with Crippen LogP contribution in [0.5, 0.6) is 0 Å². The van der Waals surface area contributed by atoms with E-state index in [0.29, 0.717) is 16.9 Å². The number of imidazole rings is 1. The molecule has 4 rings (SSSR count). The largest absolute Gasteiger partial charge is 0.379 e. The number of hydrazone groups is 1. The molecule has 0 aliphatic carbocycles. The lowest BCUT2D eigenvalue weighted by molar-refractivity contribution is -0.121. The molecule has 11 heteroatoms. The Hall–Kier alpha value is -3.79. The van der Waals surface area contributed by atoms with E-state index in [2.05, 4.69) is 30.5 Å². The Balaban J connectivity index is 1.60. The highest BCUT2D eigenvalue weighted by atomic mass is 35.5. The van der Waals surface area contributed by atoms with Gasteiger partial charge in [0.05, 0.1) is 22.3 Å². The quantitative estimate of drug-likeness (QED) is 0.383. The van der Waals surface area contributed by atoms with Gasteiger partial charge >= 0.3 is 0 Å². The summed E-state index contributed by atoms with van der Waals surface area (Å²) >= 11 is 5.93. The van der Waals surface area contributed by atoms with E-state index in [1.54, 1.807) is 16.7 Å². The van der Waals surface area contributed by atoms with Gasteiger partial charge in [0, 0.05) is 5.56 Å². The van der Waals surface area contributed by atoms with Crippen molar-refractivity contribution in [1.82, 2.24) is 25.3 Å². The van der Waals surface area contributed by atoms with Gasteiger partial charge in [-0.15, -0.1) is 0 Å². The first-order valence-corrected chi connectivity index (χ1v) is 8.72. The van der Waals surface area contributed by atoms with Gasteiger partial charge in [-0.3, -0.25) is 4.79 Å². The molecule has 146 valence electrons. The molecule has 0 fully saturated rings. The van der Waals surface area contributed by atoms with E-state index < -0.39 is 11.7 Å². The van der Waals surface area contributed by atoms with Crippen molar-refractivity contribution in [2.45, 2.75) is 6.54 Å². The molecule has 4 aromatic rings. The Bertz CT molecular complexity index is 1210. The van der Waals surface area contributed by atoms with Crippen molar-refractivity contribution in [3.05, 3.63) is 58.9 Å². The second kappa shape index (κ2) is 7.68. The van der Waals surface area contributed by atoms with Crippen LogP contribution in [-0.4, -0.2) is 32.0 Å². The molecule has 0 atom stereocenters. The highest BCUT2D eigenvalue weighted by Crippen LogP contribution is 2.26. The van der Waals surface area contributed by atoms with Crippen molar-refractivity contribution in [1.29, 1.82) is 0 Å². The molecule has 0 aliphatic heterocycles. The highest BCUT2D eigenvalue weighted by molar-refractivity contribution is 6.33. The Morgan fingerprint density at radius 3 is 2.86 bits per heavy atom. The minimum absolute atomic E-state index is 0.0502. The fourth-order valence-electron chi connectivity index (χ4n) is 2.75. The van der Waals surface area contributed by atoms with Crippen molar-refractivity contribution in [3.8, 4) is 11.5 Å². The molecule has 0 bridgehead atoms. The van der Waals surface area contributed by atoms with Crippen LogP contribution in [0.1, 0.15) is 5.56 Å². The van der Waals surface area contributed by atoms with Gasteiger partial charge in [-0.2, -0.15) is 5.10 Å². The van der Waals surface area contributed by atoms with E-state index in [9.17, 15) is 9.18 Å². The van der Waals surface area contributed by atoms with E-state index in [-0.39, 0.29) is 28.6 Å². The number of fused-ring (bicyclic) bond motifs is 1. The van der Waals surface area contributed by atoms with Crippen molar-refractivity contribution in [3.63, 3.8) is 0 Å². The molecule has 2 heterocycles. The monoisotopic (exact) mass is 413 g/mol. The van der Waals surface area contributed by atoms with Crippen molar-refractivity contribution in [2.24, 2.45) is 5.10 Å². The third-order valence-electron chi connectivity index (χ3n) is 4.06. The number of amides is 1. The van der Waals surface area contributed by atoms with Crippen molar-refractivity contribution >= 4 is 40.6 Å². The molecule has 1 amide bonds. The number of para-hydroxylation sites is 2. The van der Waals surface area contributed by atoms with Gasteiger partial charge in [0.1, 0.15) is 12.4 Å². The third kappa shape index (κ3) is 3.65. The fourth-order valence-corrected chi connectivity index (χ4v) is 2.96. The maximum atomic E-state index is 13.8. The molecule has 0 radical (unpaired) electrons. The SMILES string of the molecule is Nc1nonc1-c1nc2ccccc2n1CC(=O)N/N=C\c1c(F)cccc1Cl. The normalized spacial score (nSPS) is 11.4. The zero-order chi connectivity index (χ0) is 20.4. The van der Waals surface area contributed by atoms with Crippen LogP contribution in [0.2, 0.25) is 5.02 Å². The number of carbonyl (C=O) groups excluding carboxylic acids is 1. The summed E-state index contributed by atoms with van der Waals surface area (Å²) in [6, 6.07) is 11.5. The number of nitrogens with zero attached hydrogens (tertiary/aromatic N) is 5. The molecule has 0 spiro atoms. The number of hydrogen-bond acceptors (Lipinski definition) is 7. The first-order chi connectivity index (χ1) is 14.0. The van der Waals surface area contributed by atoms with Crippen LogP contribution in [-0.2, 0) is 11.3 Å². The summed E-state index contributed by atoms with van der Waals surface area (Å²) in [5.41, 5.74) is 9.73. The molecule has 0 aliphatic rings. The number of halogens is 2. The molecule has 0 saturated carbocycles. The zero-order valence-electron chi connectivity index (χ0n) is 14.7. The molecule has 29 heavy (non-hydrogen) atoms. The molecular formula is C18H13ClFN7O2. The predicted octanol–water partition coefficient (Wildman–Crippen LogP) is 2.61. The van der Waals surface area contributed by atoms with Crippen molar-refractivity contribution < 1.29 is 13.8 Å². The molecule has 0 saturated heterocycles. The molecule has 2 aromatic carbocycles. The van der Waals surface area contributed by atoms with Crippen LogP contribution in [0.15, 0.2) is 52.2 Å². The number of anilines is 1. The number of nitrogen functional groups attached to an aromatic ring is 1. The second-order valence-electron chi connectivity index (χ2n) is 5.94. The first kappa shape index (κ1) is 18.6. The Labute approximate surface area is 167 Å². The maximum absolute atomic E-state index is 13.8. The maximum Gasteiger partial charge on any atom is 0.260 e. The number of benzene rings is 2. The summed E-state index contributed by atoms with van der Waals surface area (Å²) in [6.45, 7) is -0.148. The first-order valence-electron chi connectivity index (χ1n) is 8.34. The summed E-state index contributed by atoms with van der Waals surface area (Å²) in [5, 5.41) is 11.3. The molecule has 9 nitrogen and oxygen atoms in total. The lowest BCUT2D eigenvalue weighted by Crippen LogP contribution is -2.23. The lowest BCUT2D eigenvalue weighted by atomic mass is 10.2. The zero-order valence-corrected chi connectivity index (χ0v) is 15.5. The lowest BCUT2D eigenvalue weighted by Gasteiger charge is -2.06. The standard InChI is InChI=1S/C18H13ClFN7O2/c19-11-4-3-5-12(20)10(11)8-22-24-15(28)9-27-14-7-2-1-6-13(14)23-18(27)16-17(21)26-29-25-16/h1-8H,9H2,(H2,21,26)(H,24,28)/b22-8-. The topological polar surface area (TPSA) is 124 Å². The van der Waals surface area contributed by atoms with Crippen LogP contribution in [0, 0.1) is 5.82 Å². The van der Waals surface area contributed by atoms with Crippen LogP contribution >= 0.6 is 11.6 Å². The average molecular weight is 414 g/mol. The number of rotatable bonds is 5. The molecular weight excluding hydrogens is 401 g/mol. The van der Waals surface area contributed by atoms with E-state index in [0.717, 1.165) is 6.21 Å². The number of hydrogen-bond donors (Lipinski definition) is 2. The minimum Gasteiger partial charge on any atom is -0.379 e. The van der Waals surface area contributed by atoms with E-state index in [1.807, 2.05) is 12.1 Å². The second-order valence-corrected chi connectivity index (χ2v) is 6.34. The van der Waals surface area contributed by atoms with Crippen LogP contribution in [0.25, 0.3) is 22.6 Å². The van der Waals surface area contributed by atoms with Crippen LogP contribution in [0.3, 0.4) is 0 Å². The third-order valence-corrected chi connectivity index (χ3v) is 4.39. The smallest absolute Gasteiger partial charge is 0.260 e. The Morgan fingerprint density at radius 2 is 2.10 bits per heavy atom. The number of nitrogens with one attached hydrogen (secondary N) is 1. The van der Waals surface area contributed by atoms with Gasteiger partial charge in [-0.05, 0) is 34.6 Å². The summed E-state index contributed by atoms with van der Waals surface area (Å²) in [4.78, 5) is 16.9. The van der Waals surface area contributed by atoms with Gasteiger partial charge < -0.3 is 10.3 Å². The van der Waals surface area contributed by atoms with E-state index >= 15 is 0 Å². The molecule has 2 aromatic heterocycles. The fraction of sp³-hybridized carbons (Fsp3) is 0.0556. The summed E-state index contributed by atoms with van der Waals surface area (Å²) in [5.74, 6) is -0.657. The Kier molecular flexibility index (Phi) is 4.92. The van der Waals surface area contributed by atoms with E-state index in [1.165, 1.54) is 18.2 Å². The van der Waals surface area contributed by atoms with Gasteiger partial charge in [-0.25, -0.2) is 19.4 Å². The highest BCUT2D eigenvalue weighted by Gasteiger charge is 2.20. The van der Waals surface area contributed by atoms with Gasteiger partial charge in [0.15, 0.2) is 17.3 Å². The average Bonchev–Trinajstić information content (AvgIpc) is 3.27. The van der Waals surface area contributed by atoms with Gasteiger partial charge in [0.25, 0.3) is 5.91 Å². The van der Waals surface area contributed by atoms with E-state index in [4.69, 9.17) is 17.3 Å². The summed E-state index contributed by atoms with van der Waals surface area (Å²) < 4.78 is 20.0. The minimum atomic E-state index is -0.549. The predicted molar refractivity (Wildman–Crippen MR) is 105 cm³/mol. The number of nitrogens with two attached hydrogens (primary N) is 1. The van der Waals surface area contributed by atoms with Gasteiger partial charge in [-0.1, -0.05) is 29.8 Å². The van der Waals surface area contributed by atoms with Gasteiger partial charge in [0.2, 0.25) is 0 Å². The molecule has 3 N–H and O–H groups in total. The Morgan fingerprint density at radius 1 is 1.28 bits per heavy atom. The van der Waals surface area contributed by atoms with Crippen LogP contribution < -0.4 is 11.2 Å². The molecule has 0 unspecified atom stereocenters. The van der Waals surface area contributed by atoms with Crippen LogP contribution in [0.4, 0.5) is 10.2 Å². The summed E-state index contributed by atoms with van der Waals surface area (Å²) in [7, 11) is 0. The summed E-state index contributed by atoms with van der Waals surface area (Å²) in [6.07, 6.45) is 1.14.